The SMILES string of the molecule is O=C(OCCCCCCCCCCOC(=O)OOOC(=O)c1cccc(-c2ccccc2)c1)OOOC(=O)c1cccc(-c2ccccc2)c1. The molecule has 0 amide bonds. The summed E-state index contributed by atoms with van der Waals surface area (Å²) in [4.78, 5) is 65.5. The zero-order chi connectivity index (χ0) is 35.2. The van der Waals surface area contributed by atoms with Crippen LogP contribution >= 0.6 is 0 Å². The van der Waals surface area contributed by atoms with Gasteiger partial charge in [-0.1, -0.05) is 123 Å². The van der Waals surface area contributed by atoms with Crippen molar-refractivity contribution in [3.63, 3.8) is 0 Å². The summed E-state index contributed by atoms with van der Waals surface area (Å²) in [6.07, 6.45) is 4.62. The number of unbranched alkanes of at least 4 members (excludes halogenated alkanes) is 7. The molecule has 0 unspecified atom stereocenters. The maximum Gasteiger partial charge on any atom is 0.543 e. The predicted octanol–water partition coefficient (Wildman–Crippen LogP) is 9.15. The average Bonchev–Trinajstić information content (AvgIpc) is 3.16. The third-order valence-electron chi connectivity index (χ3n) is 7.31. The van der Waals surface area contributed by atoms with E-state index in [4.69, 9.17) is 9.47 Å². The molecule has 0 bridgehead atoms. The summed E-state index contributed by atoms with van der Waals surface area (Å²) in [5, 5.41) is 8.59. The first-order valence-electron chi connectivity index (χ1n) is 16.2. The number of hydrogen-bond acceptors (Lipinski definition) is 12. The summed E-state index contributed by atoms with van der Waals surface area (Å²) in [5.74, 6) is -1.64. The van der Waals surface area contributed by atoms with Crippen LogP contribution < -0.4 is 0 Å². The van der Waals surface area contributed by atoms with E-state index in [0.29, 0.717) is 12.8 Å². The molecular formula is C38H38O12. The summed E-state index contributed by atoms with van der Waals surface area (Å²) in [6, 6.07) is 32.5. The largest absolute Gasteiger partial charge is 0.543 e. The Bertz CT molecular complexity index is 1520. The zero-order valence-electron chi connectivity index (χ0n) is 27.4. The predicted molar refractivity (Wildman–Crippen MR) is 179 cm³/mol. The smallest absolute Gasteiger partial charge is 0.432 e. The minimum Gasteiger partial charge on any atom is -0.432 e. The molecule has 262 valence electrons. The van der Waals surface area contributed by atoms with Crippen LogP contribution in [0.3, 0.4) is 0 Å². The molecule has 0 aromatic heterocycles. The molecule has 0 N–H and O–H groups in total. The van der Waals surface area contributed by atoms with Crippen molar-refractivity contribution in [1.82, 2.24) is 0 Å². The van der Waals surface area contributed by atoms with Gasteiger partial charge in [-0.3, -0.25) is 9.78 Å². The van der Waals surface area contributed by atoms with E-state index in [2.05, 4.69) is 29.6 Å². The molecular weight excluding hydrogens is 648 g/mol. The Morgan fingerprint density at radius 2 is 0.740 bits per heavy atom. The lowest BCUT2D eigenvalue weighted by Gasteiger charge is -2.06. The van der Waals surface area contributed by atoms with E-state index in [0.717, 1.165) is 60.8 Å². The summed E-state index contributed by atoms with van der Waals surface area (Å²) >= 11 is 0. The lowest BCUT2D eigenvalue weighted by Crippen LogP contribution is -2.12. The van der Waals surface area contributed by atoms with E-state index in [1.165, 1.54) is 0 Å². The molecule has 12 heteroatoms. The number of hydrogen-bond donors (Lipinski definition) is 0. The van der Waals surface area contributed by atoms with Gasteiger partial charge < -0.3 is 9.47 Å². The van der Waals surface area contributed by atoms with Crippen LogP contribution in [-0.2, 0) is 39.1 Å². The molecule has 4 aromatic carbocycles. The third kappa shape index (κ3) is 13.4. The minimum absolute atomic E-state index is 0.132. The molecule has 12 nitrogen and oxygen atoms in total. The Balaban J connectivity index is 0.927. The minimum atomic E-state index is -1.11. The summed E-state index contributed by atoms with van der Waals surface area (Å²) < 4.78 is 9.82. The highest BCUT2D eigenvalue weighted by atomic mass is 17.5. The molecule has 0 aliphatic rings. The Morgan fingerprint density at radius 3 is 1.14 bits per heavy atom. The Labute approximate surface area is 289 Å². The van der Waals surface area contributed by atoms with Crippen molar-refractivity contribution in [2.45, 2.75) is 51.4 Å². The standard InChI is InChI=1S/C38H38O12/c39-35(33-23-15-21-31(27-33)29-17-9-7-10-18-29)45-49-47-37(41)43-25-13-5-3-1-2-4-6-14-26-44-38(42)48-50-46-36(40)34-24-16-22-32(28-34)30-19-11-8-12-20-30/h7-12,15-24,27-28H,1-6,13-14,25-26H2. The highest BCUT2D eigenvalue weighted by Gasteiger charge is 2.14. The molecule has 0 saturated heterocycles. The molecule has 0 atom stereocenters. The van der Waals surface area contributed by atoms with Crippen LogP contribution in [-0.4, -0.2) is 37.5 Å². The fraction of sp³-hybridized carbons (Fsp3) is 0.263. The lowest BCUT2D eigenvalue weighted by atomic mass is 10.0. The molecule has 0 saturated carbocycles. The maximum absolute atomic E-state index is 12.2. The molecule has 0 heterocycles. The average molecular weight is 687 g/mol. The topological polar surface area (TPSA) is 142 Å². The molecule has 0 radical (unpaired) electrons. The second-order valence-corrected chi connectivity index (χ2v) is 11.0. The fourth-order valence-corrected chi connectivity index (χ4v) is 4.78. The number of carbonyl (C=O) groups excluding carboxylic acids is 4. The van der Waals surface area contributed by atoms with Crippen LogP contribution in [0.5, 0.6) is 0 Å². The van der Waals surface area contributed by atoms with Gasteiger partial charge in [0.1, 0.15) is 0 Å². The van der Waals surface area contributed by atoms with Gasteiger partial charge in [0.05, 0.1) is 34.4 Å². The fourth-order valence-electron chi connectivity index (χ4n) is 4.78. The van der Waals surface area contributed by atoms with Crippen molar-refractivity contribution >= 4 is 24.2 Å². The first kappa shape index (κ1) is 37.1. The highest BCUT2D eigenvalue weighted by Crippen LogP contribution is 2.22. The number of ether oxygens (including phenoxy) is 2. The number of rotatable bonds is 19. The van der Waals surface area contributed by atoms with E-state index in [1.54, 1.807) is 36.4 Å². The Hall–Kier alpha value is -5.72. The van der Waals surface area contributed by atoms with E-state index >= 15 is 0 Å². The van der Waals surface area contributed by atoms with E-state index < -0.39 is 24.2 Å². The van der Waals surface area contributed by atoms with Gasteiger partial charge in [-0.2, -0.15) is 0 Å². The van der Waals surface area contributed by atoms with Gasteiger partial charge in [-0.15, -0.1) is 0 Å². The van der Waals surface area contributed by atoms with Crippen LogP contribution in [0.4, 0.5) is 9.59 Å². The number of carbonyl (C=O) groups is 4. The van der Waals surface area contributed by atoms with Gasteiger partial charge in [-0.05, 0) is 59.4 Å². The maximum atomic E-state index is 12.2. The van der Waals surface area contributed by atoms with Crippen molar-refractivity contribution in [1.29, 1.82) is 0 Å². The van der Waals surface area contributed by atoms with Gasteiger partial charge in [0.25, 0.3) is 0 Å². The molecule has 0 spiro atoms. The van der Waals surface area contributed by atoms with E-state index in [9.17, 15) is 19.2 Å². The van der Waals surface area contributed by atoms with Gasteiger partial charge in [-0.25, -0.2) is 29.0 Å². The Morgan fingerprint density at radius 1 is 0.380 bits per heavy atom. The van der Waals surface area contributed by atoms with Crippen molar-refractivity contribution in [3.05, 3.63) is 120 Å². The van der Waals surface area contributed by atoms with Crippen LogP contribution in [0.2, 0.25) is 0 Å². The highest BCUT2D eigenvalue weighted by molar-refractivity contribution is 5.91. The van der Waals surface area contributed by atoms with Crippen LogP contribution in [0.1, 0.15) is 72.1 Å². The molecule has 0 fully saturated rings. The van der Waals surface area contributed by atoms with Crippen molar-refractivity contribution in [3.8, 4) is 22.3 Å². The normalized spacial score (nSPS) is 10.5. The second kappa shape index (κ2) is 21.3. The summed E-state index contributed by atoms with van der Waals surface area (Å²) in [7, 11) is 0. The zero-order valence-corrected chi connectivity index (χ0v) is 27.4. The molecule has 4 rings (SSSR count). The summed E-state index contributed by atoms with van der Waals surface area (Å²) in [6.45, 7) is 0.264. The first-order valence-corrected chi connectivity index (χ1v) is 16.2. The second-order valence-electron chi connectivity index (χ2n) is 11.0. The van der Waals surface area contributed by atoms with Crippen molar-refractivity contribution in [2.24, 2.45) is 0 Å². The molecule has 0 aliphatic carbocycles. The van der Waals surface area contributed by atoms with E-state index in [-0.39, 0.29) is 24.3 Å². The third-order valence-corrected chi connectivity index (χ3v) is 7.31. The van der Waals surface area contributed by atoms with Crippen LogP contribution in [0.15, 0.2) is 109 Å². The van der Waals surface area contributed by atoms with Crippen molar-refractivity contribution in [2.75, 3.05) is 13.2 Å². The van der Waals surface area contributed by atoms with Crippen molar-refractivity contribution < 1.29 is 58.3 Å². The van der Waals surface area contributed by atoms with Gasteiger partial charge >= 0.3 is 24.2 Å². The summed E-state index contributed by atoms with van der Waals surface area (Å²) in [5.41, 5.74) is 3.96. The van der Waals surface area contributed by atoms with Crippen LogP contribution in [0.25, 0.3) is 22.3 Å². The number of benzene rings is 4. The molecule has 0 aliphatic heterocycles. The monoisotopic (exact) mass is 686 g/mol. The molecule has 50 heavy (non-hydrogen) atoms. The first-order chi connectivity index (χ1) is 24.5. The van der Waals surface area contributed by atoms with E-state index in [1.807, 2.05) is 72.8 Å². The quantitative estimate of drug-likeness (QED) is 0.0402. The van der Waals surface area contributed by atoms with Gasteiger partial charge in [0.2, 0.25) is 0 Å². The van der Waals surface area contributed by atoms with Crippen LogP contribution in [0, 0.1) is 0 Å². The lowest BCUT2D eigenvalue weighted by molar-refractivity contribution is -0.452. The molecule has 4 aromatic rings. The van der Waals surface area contributed by atoms with Gasteiger partial charge in [0, 0.05) is 0 Å². The van der Waals surface area contributed by atoms with Gasteiger partial charge in [0.15, 0.2) is 0 Å². The Kier molecular flexibility index (Phi) is 15.8.